The third-order valence-corrected chi connectivity index (χ3v) is 5.28. The minimum atomic E-state index is -0.617. The van der Waals surface area contributed by atoms with Crippen molar-refractivity contribution in [3.05, 3.63) is 64.7 Å². The number of piperazine rings is 1. The number of nitrogens with zero attached hydrogens (tertiary/aromatic N) is 2. The fourth-order valence-electron chi connectivity index (χ4n) is 3.22. The Morgan fingerprint density at radius 2 is 1.82 bits per heavy atom. The second-order valence-corrected chi connectivity index (χ2v) is 7.71. The number of halogens is 1. The van der Waals surface area contributed by atoms with Gasteiger partial charge in [0.05, 0.1) is 5.02 Å². The predicted octanol–water partition coefficient (Wildman–Crippen LogP) is 3.17. The third kappa shape index (κ3) is 5.96. The van der Waals surface area contributed by atoms with Crippen LogP contribution in [0.15, 0.2) is 48.5 Å². The molecule has 2 aromatic rings. The van der Waals surface area contributed by atoms with E-state index >= 15 is 0 Å². The van der Waals surface area contributed by atoms with Gasteiger partial charge in [0.25, 0.3) is 5.91 Å². The molecule has 150 valence electrons. The molecule has 1 aliphatic rings. The normalized spacial score (nSPS) is 16.5. The molecule has 1 heterocycles. The van der Waals surface area contributed by atoms with Crippen LogP contribution in [0.4, 0.5) is 0 Å². The SMILES string of the molecule is CC(Oc1ccccc1Cl)C(=O)NCc1cccc(CN2CCN(C)CC2)c1. The monoisotopic (exact) mass is 401 g/mol. The molecule has 1 unspecified atom stereocenters. The Labute approximate surface area is 172 Å². The molecule has 1 saturated heterocycles. The molecule has 1 aliphatic heterocycles. The largest absolute Gasteiger partial charge is 0.479 e. The van der Waals surface area contributed by atoms with Crippen molar-refractivity contribution >= 4 is 17.5 Å². The molecule has 2 aromatic carbocycles. The standard InChI is InChI=1S/C22H28ClN3O2/c1-17(28-21-9-4-3-8-20(21)23)22(27)24-15-18-6-5-7-19(14-18)16-26-12-10-25(2)11-13-26/h3-9,14,17H,10-13,15-16H2,1-2H3,(H,24,27). The van der Waals surface area contributed by atoms with Crippen molar-refractivity contribution in [2.45, 2.75) is 26.1 Å². The van der Waals surface area contributed by atoms with Gasteiger partial charge in [-0.2, -0.15) is 0 Å². The van der Waals surface area contributed by atoms with E-state index in [2.05, 4.69) is 40.4 Å². The lowest BCUT2D eigenvalue weighted by Crippen LogP contribution is -2.43. The first-order valence-electron chi connectivity index (χ1n) is 9.69. The number of carbonyl (C=O) groups is 1. The van der Waals surface area contributed by atoms with Gasteiger partial charge in [0, 0.05) is 39.3 Å². The van der Waals surface area contributed by atoms with Crippen molar-refractivity contribution in [1.82, 2.24) is 15.1 Å². The van der Waals surface area contributed by atoms with Crippen LogP contribution in [-0.4, -0.2) is 55.0 Å². The smallest absolute Gasteiger partial charge is 0.261 e. The summed E-state index contributed by atoms with van der Waals surface area (Å²) < 4.78 is 5.67. The van der Waals surface area contributed by atoms with Gasteiger partial charge in [0.2, 0.25) is 0 Å². The Morgan fingerprint density at radius 3 is 2.57 bits per heavy atom. The highest BCUT2D eigenvalue weighted by atomic mass is 35.5. The number of hydrogen-bond acceptors (Lipinski definition) is 4. The first kappa shape index (κ1) is 20.6. The Morgan fingerprint density at radius 1 is 1.11 bits per heavy atom. The summed E-state index contributed by atoms with van der Waals surface area (Å²) in [5.41, 5.74) is 2.36. The summed E-state index contributed by atoms with van der Waals surface area (Å²) in [5, 5.41) is 3.45. The summed E-state index contributed by atoms with van der Waals surface area (Å²) in [6, 6.07) is 15.6. The van der Waals surface area contributed by atoms with Crippen molar-refractivity contribution in [2.75, 3.05) is 33.2 Å². The summed E-state index contributed by atoms with van der Waals surface area (Å²) >= 11 is 6.09. The molecular formula is C22H28ClN3O2. The quantitative estimate of drug-likeness (QED) is 0.774. The zero-order valence-electron chi connectivity index (χ0n) is 16.5. The molecule has 0 radical (unpaired) electrons. The van der Waals surface area contributed by atoms with Crippen molar-refractivity contribution < 1.29 is 9.53 Å². The van der Waals surface area contributed by atoms with Crippen LogP contribution in [0, 0.1) is 0 Å². The molecule has 5 nitrogen and oxygen atoms in total. The number of carbonyl (C=O) groups excluding carboxylic acids is 1. The fourth-order valence-corrected chi connectivity index (χ4v) is 3.40. The number of amides is 1. The highest BCUT2D eigenvalue weighted by Crippen LogP contribution is 2.24. The van der Waals surface area contributed by atoms with E-state index in [-0.39, 0.29) is 5.91 Å². The maximum Gasteiger partial charge on any atom is 0.261 e. The Hall–Kier alpha value is -2.08. The Kier molecular flexibility index (Phi) is 7.31. The minimum absolute atomic E-state index is 0.163. The number of ether oxygens (including phenoxy) is 1. The third-order valence-electron chi connectivity index (χ3n) is 4.97. The second kappa shape index (κ2) is 9.92. The van der Waals surface area contributed by atoms with Crippen LogP contribution in [-0.2, 0) is 17.9 Å². The van der Waals surface area contributed by atoms with Gasteiger partial charge in [-0.3, -0.25) is 9.69 Å². The van der Waals surface area contributed by atoms with Crippen molar-refractivity contribution in [2.24, 2.45) is 0 Å². The van der Waals surface area contributed by atoms with Gasteiger partial charge < -0.3 is 15.0 Å². The summed E-state index contributed by atoms with van der Waals surface area (Å²) in [7, 11) is 2.16. The number of rotatable bonds is 7. The summed E-state index contributed by atoms with van der Waals surface area (Å²) in [6.07, 6.45) is -0.617. The predicted molar refractivity (Wildman–Crippen MR) is 113 cm³/mol. The Bertz CT molecular complexity index is 791. The van der Waals surface area contributed by atoms with Crippen LogP contribution >= 0.6 is 11.6 Å². The zero-order chi connectivity index (χ0) is 19.9. The zero-order valence-corrected chi connectivity index (χ0v) is 17.3. The van der Waals surface area contributed by atoms with Gasteiger partial charge in [0.15, 0.2) is 6.10 Å². The molecule has 1 fully saturated rings. The number of hydrogen-bond donors (Lipinski definition) is 1. The number of benzene rings is 2. The molecule has 1 amide bonds. The molecule has 28 heavy (non-hydrogen) atoms. The van der Waals surface area contributed by atoms with Gasteiger partial charge in [-0.25, -0.2) is 0 Å². The van der Waals surface area contributed by atoms with Gasteiger partial charge in [-0.05, 0) is 37.2 Å². The average Bonchev–Trinajstić information content (AvgIpc) is 2.70. The lowest BCUT2D eigenvalue weighted by Gasteiger charge is -2.32. The van der Waals surface area contributed by atoms with E-state index in [1.54, 1.807) is 19.1 Å². The van der Waals surface area contributed by atoms with Crippen LogP contribution in [0.3, 0.4) is 0 Å². The first-order chi connectivity index (χ1) is 13.5. The molecular weight excluding hydrogens is 374 g/mol. The topological polar surface area (TPSA) is 44.8 Å². The van der Waals surface area contributed by atoms with E-state index in [0.717, 1.165) is 38.3 Å². The van der Waals surface area contributed by atoms with Gasteiger partial charge in [-0.1, -0.05) is 48.0 Å². The number of likely N-dealkylation sites (N-methyl/N-ethyl adjacent to an activating group) is 1. The van der Waals surface area contributed by atoms with E-state index in [1.165, 1.54) is 5.56 Å². The van der Waals surface area contributed by atoms with Gasteiger partial charge in [-0.15, -0.1) is 0 Å². The fraction of sp³-hybridized carbons (Fsp3) is 0.409. The number of nitrogens with one attached hydrogen (secondary N) is 1. The van der Waals surface area contributed by atoms with E-state index in [0.29, 0.717) is 17.3 Å². The first-order valence-corrected chi connectivity index (χ1v) is 10.1. The van der Waals surface area contributed by atoms with Gasteiger partial charge in [0.1, 0.15) is 5.75 Å². The lowest BCUT2D eigenvalue weighted by molar-refractivity contribution is -0.127. The van der Waals surface area contributed by atoms with E-state index in [4.69, 9.17) is 16.3 Å². The van der Waals surface area contributed by atoms with Crippen LogP contribution in [0.2, 0.25) is 5.02 Å². The molecule has 0 bridgehead atoms. The van der Waals surface area contributed by atoms with E-state index < -0.39 is 6.10 Å². The molecule has 0 aromatic heterocycles. The molecule has 3 rings (SSSR count). The maximum atomic E-state index is 12.4. The summed E-state index contributed by atoms with van der Waals surface area (Å²) in [5.74, 6) is 0.352. The summed E-state index contributed by atoms with van der Waals surface area (Å²) in [4.78, 5) is 17.2. The van der Waals surface area contributed by atoms with Crippen LogP contribution < -0.4 is 10.1 Å². The summed E-state index contributed by atoms with van der Waals surface area (Å²) in [6.45, 7) is 7.55. The number of para-hydroxylation sites is 1. The second-order valence-electron chi connectivity index (χ2n) is 7.31. The molecule has 1 N–H and O–H groups in total. The molecule has 0 aliphatic carbocycles. The van der Waals surface area contributed by atoms with Crippen LogP contribution in [0.1, 0.15) is 18.1 Å². The van der Waals surface area contributed by atoms with E-state index in [1.807, 2.05) is 18.2 Å². The highest BCUT2D eigenvalue weighted by molar-refractivity contribution is 6.32. The van der Waals surface area contributed by atoms with Crippen molar-refractivity contribution in [3.8, 4) is 5.75 Å². The lowest BCUT2D eigenvalue weighted by atomic mass is 10.1. The minimum Gasteiger partial charge on any atom is -0.479 e. The van der Waals surface area contributed by atoms with Gasteiger partial charge >= 0.3 is 0 Å². The Balaban J connectivity index is 1.50. The molecule has 0 saturated carbocycles. The molecule has 6 heteroatoms. The van der Waals surface area contributed by atoms with E-state index in [9.17, 15) is 4.79 Å². The van der Waals surface area contributed by atoms with Crippen LogP contribution in [0.25, 0.3) is 0 Å². The average molecular weight is 402 g/mol. The maximum absolute atomic E-state index is 12.4. The van der Waals surface area contributed by atoms with Crippen molar-refractivity contribution in [3.63, 3.8) is 0 Å². The van der Waals surface area contributed by atoms with Crippen molar-refractivity contribution in [1.29, 1.82) is 0 Å². The highest BCUT2D eigenvalue weighted by Gasteiger charge is 2.16. The molecule has 0 spiro atoms. The van der Waals surface area contributed by atoms with Crippen LogP contribution in [0.5, 0.6) is 5.75 Å². The molecule has 1 atom stereocenters.